The maximum absolute atomic E-state index is 11.9. The van der Waals surface area contributed by atoms with Crippen molar-refractivity contribution >= 4 is 11.9 Å². The smallest absolute Gasteiger partial charge is 0.205 e. The van der Waals surface area contributed by atoms with E-state index in [1.165, 1.54) is 0 Å². The first kappa shape index (κ1) is 19.8. The molecule has 5 rings (SSSR count). The van der Waals surface area contributed by atoms with Gasteiger partial charge in [0, 0.05) is 17.5 Å². The van der Waals surface area contributed by atoms with E-state index >= 15 is 0 Å². The van der Waals surface area contributed by atoms with Crippen molar-refractivity contribution < 1.29 is 4.79 Å². The van der Waals surface area contributed by atoms with Gasteiger partial charge in [0.25, 0.3) is 0 Å². The highest BCUT2D eigenvalue weighted by Gasteiger charge is 2.19. The normalized spacial score (nSPS) is 11.3. The topological polar surface area (TPSA) is 107 Å². The Bertz CT molecular complexity index is 1380. The van der Waals surface area contributed by atoms with Gasteiger partial charge in [-0.15, -0.1) is 15.3 Å². The number of aryl methyl sites for hydroxylation is 2. The molecule has 0 fully saturated rings. The van der Waals surface area contributed by atoms with Gasteiger partial charge in [0.1, 0.15) is 5.69 Å². The molecule has 0 unspecified atom stereocenters. The van der Waals surface area contributed by atoms with Crippen LogP contribution in [0, 0.1) is 0 Å². The molecular formula is C23H22N8O. The number of aromatic amines is 1. The summed E-state index contributed by atoms with van der Waals surface area (Å²) in [5, 5.41) is 19.0. The number of nitrogens with zero attached hydrogens (tertiary/aromatic N) is 7. The van der Waals surface area contributed by atoms with E-state index < -0.39 is 0 Å². The standard InChI is InChI=1S/C23H22N8O/c1-3-17-20(14-32)30(31-23(17)24-21(4-2)27-31)13-15-9-11-16(12-10-15)18-7-5-6-8-19(18)22-25-28-29-26-22/h5-12,14H,3-4,13H2,1-2H3,(H,25,26,28,29). The van der Waals surface area contributed by atoms with Crippen molar-refractivity contribution in [2.75, 3.05) is 0 Å². The van der Waals surface area contributed by atoms with Crippen LogP contribution in [0.15, 0.2) is 48.5 Å². The van der Waals surface area contributed by atoms with Gasteiger partial charge in [-0.1, -0.05) is 62.4 Å². The third-order valence-corrected chi connectivity index (χ3v) is 5.61. The van der Waals surface area contributed by atoms with Crippen LogP contribution in [0.3, 0.4) is 0 Å². The largest absolute Gasteiger partial charge is 0.296 e. The van der Waals surface area contributed by atoms with Crippen LogP contribution in [0.25, 0.3) is 28.2 Å². The lowest BCUT2D eigenvalue weighted by molar-refractivity contribution is 0.111. The predicted octanol–water partition coefficient (Wildman–Crippen LogP) is 3.36. The number of rotatable bonds is 7. The van der Waals surface area contributed by atoms with E-state index in [0.29, 0.717) is 18.1 Å². The van der Waals surface area contributed by atoms with E-state index in [2.05, 4.69) is 55.0 Å². The van der Waals surface area contributed by atoms with Gasteiger partial charge in [-0.25, -0.2) is 4.98 Å². The van der Waals surface area contributed by atoms with E-state index in [0.717, 1.165) is 58.4 Å². The Labute approximate surface area is 184 Å². The number of tetrazole rings is 1. The summed E-state index contributed by atoms with van der Waals surface area (Å²) < 4.78 is 3.66. The highest BCUT2D eigenvalue weighted by atomic mass is 16.1. The average Bonchev–Trinajstić information content (AvgIpc) is 3.56. The molecule has 0 aliphatic carbocycles. The summed E-state index contributed by atoms with van der Waals surface area (Å²) in [6.45, 7) is 4.57. The fraction of sp³-hybridized carbons (Fsp3) is 0.217. The summed E-state index contributed by atoms with van der Waals surface area (Å²) in [4.78, 5) is 16.5. The second kappa shape index (κ2) is 8.18. The van der Waals surface area contributed by atoms with Crippen LogP contribution in [0.2, 0.25) is 0 Å². The first-order chi connectivity index (χ1) is 15.7. The number of nitrogens with one attached hydrogen (secondary N) is 1. The monoisotopic (exact) mass is 426 g/mol. The number of aromatic nitrogens is 8. The molecule has 0 saturated heterocycles. The molecule has 0 saturated carbocycles. The van der Waals surface area contributed by atoms with Gasteiger partial charge >= 0.3 is 0 Å². The summed E-state index contributed by atoms with van der Waals surface area (Å²) in [5.74, 6) is 1.33. The number of carbonyl (C=O) groups is 1. The average molecular weight is 426 g/mol. The van der Waals surface area contributed by atoms with Gasteiger partial charge < -0.3 is 0 Å². The highest BCUT2D eigenvalue weighted by Crippen LogP contribution is 2.30. The number of carbonyl (C=O) groups excluding carboxylic acids is 1. The SMILES string of the molecule is CCc1nc2c(CC)c(C=O)n(Cc3ccc(-c4ccccc4-c4nn[nH]n4)cc3)n2n1. The van der Waals surface area contributed by atoms with Gasteiger partial charge in [-0.3, -0.25) is 9.48 Å². The minimum absolute atomic E-state index is 0.518. The molecule has 0 bridgehead atoms. The Morgan fingerprint density at radius 1 is 1.00 bits per heavy atom. The van der Waals surface area contributed by atoms with Crippen molar-refractivity contribution in [3.05, 3.63) is 71.2 Å². The molecular weight excluding hydrogens is 404 g/mol. The van der Waals surface area contributed by atoms with Gasteiger partial charge in [0.2, 0.25) is 5.82 Å². The zero-order chi connectivity index (χ0) is 22.1. The Balaban J connectivity index is 1.51. The molecule has 9 heteroatoms. The van der Waals surface area contributed by atoms with Gasteiger partial charge in [0.05, 0.1) is 6.54 Å². The van der Waals surface area contributed by atoms with Crippen molar-refractivity contribution in [2.45, 2.75) is 33.2 Å². The molecule has 0 spiro atoms. The first-order valence-corrected chi connectivity index (χ1v) is 10.6. The van der Waals surface area contributed by atoms with Gasteiger partial charge in [-0.2, -0.15) is 9.84 Å². The molecule has 160 valence electrons. The van der Waals surface area contributed by atoms with E-state index in [4.69, 9.17) is 0 Å². The lowest BCUT2D eigenvalue weighted by atomic mass is 9.98. The zero-order valence-corrected chi connectivity index (χ0v) is 17.9. The zero-order valence-electron chi connectivity index (χ0n) is 17.9. The molecule has 2 aromatic carbocycles. The third-order valence-electron chi connectivity index (χ3n) is 5.61. The number of H-pyrrole nitrogens is 1. The van der Waals surface area contributed by atoms with Crippen LogP contribution in [-0.4, -0.2) is 46.3 Å². The van der Waals surface area contributed by atoms with Crippen LogP contribution in [0.1, 0.15) is 41.3 Å². The Morgan fingerprint density at radius 3 is 2.44 bits per heavy atom. The van der Waals surface area contributed by atoms with Crippen LogP contribution in [0.4, 0.5) is 0 Å². The van der Waals surface area contributed by atoms with Crippen LogP contribution in [-0.2, 0) is 19.4 Å². The summed E-state index contributed by atoms with van der Waals surface area (Å²) in [6, 6.07) is 16.2. The lowest BCUT2D eigenvalue weighted by Gasteiger charge is -2.10. The summed E-state index contributed by atoms with van der Waals surface area (Å²) >= 11 is 0. The number of hydrogen-bond donors (Lipinski definition) is 1. The second-order valence-corrected chi connectivity index (χ2v) is 7.47. The van der Waals surface area contributed by atoms with Crippen molar-refractivity contribution in [3.63, 3.8) is 0 Å². The van der Waals surface area contributed by atoms with Crippen LogP contribution in [0.5, 0.6) is 0 Å². The number of fused-ring (bicyclic) bond motifs is 1. The summed E-state index contributed by atoms with van der Waals surface area (Å²) in [5.41, 5.74) is 6.35. The molecule has 0 aliphatic rings. The molecule has 32 heavy (non-hydrogen) atoms. The molecule has 9 nitrogen and oxygen atoms in total. The number of benzene rings is 2. The molecule has 3 heterocycles. The molecule has 0 atom stereocenters. The van der Waals surface area contributed by atoms with Crippen LogP contribution < -0.4 is 0 Å². The first-order valence-electron chi connectivity index (χ1n) is 10.6. The van der Waals surface area contributed by atoms with E-state index in [-0.39, 0.29) is 0 Å². The maximum atomic E-state index is 11.9. The third kappa shape index (κ3) is 3.27. The van der Waals surface area contributed by atoms with E-state index in [9.17, 15) is 4.79 Å². The van der Waals surface area contributed by atoms with E-state index in [1.54, 1.807) is 4.63 Å². The molecule has 1 N–H and O–H groups in total. The van der Waals surface area contributed by atoms with Crippen molar-refractivity contribution in [3.8, 4) is 22.5 Å². The molecule has 0 amide bonds. The minimum Gasteiger partial charge on any atom is -0.296 e. The number of aldehydes is 1. The van der Waals surface area contributed by atoms with Crippen molar-refractivity contribution in [1.29, 1.82) is 0 Å². The predicted molar refractivity (Wildman–Crippen MR) is 119 cm³/mol. The van der Waals surface area contributed by atoms with Crippen molar-refractivity contribution in [2.24, 2.45) is 0 Å². The lowest BCUT2D eigenvalue weighted by Crippen LogP contribution is -2.12. The van der Waals surface area contributed by atoms with Crippen LogP contribution >= 0.6 is 0 Å². The molecule has 5 aromatic rings. The summed E-state index contributed by atoms with van der Waals surface area (Å²) in [7, 11) is 0. The Kier molecular flexibility index (Phi) is 5.06. The summed E-state index contributed by atoms with van der Waals surface area (Å²) in [6.07, 6.45) is 2.37. The van der Waals surface area contributed by atoms with Crippen molar-refractivity contribution in [1.82, 2.24) is 40.0 Å². The highest BCUT2D eigenvalue weighted by molar-refractivity contribution is 5.80. The Hall–Kier alpha value is -4.14. The fourth-order valence-corrected chi connectivity index (χ4v) is 4.02. The number of hydrogen-bond acceptors (Lipinski definition) is 6. The van der Waals surface area contributed by atoms with Gasteiger partial charge in [-0.05, 0) is 28.3 Å². The fourth-order valence-electron chi connectivity index (χ4n) is 4.02. The maximum Gasteiger partial charge on any atom is 0.205 e. The second-order valence-electron chi connectivity index (χ2n) is 7.47. The molecule has 3 aromatic heterocycles. The molecule has 0 radical (unpaired) electrons. The minimum atomic E-state index is 0.518. The quantitative estimate of drug-likeness (QED) is 0.400. The molecule has 0 aliphatic heterocycles. The Morgan fingerprint density at radius 2 is 1.78 bits per heavy atom. The van der Waals surface area contributed by atoms with E-state index in [1.807, 2.05) is 42.8 Å². The van der Waals surface area contributed by atoms with Gasteiger partial charge in [0.15, 0.2) is 17.8 Å².